The minimum atomic E-state index is -2.88. The Morgan fingerprint density at radius 1 is 1.12 bits per heavy atom. The van der Waals surface area contributed by atoms with Gasteiger partial charge in [0.05, 0.1) is 13.7 Å². The molecule has 0 atom stereocenters. The van der Waals surface area contributed by atoms with Crippen LogP contribution in [-0.4, -0.2) is 41.9 Å². The van der Waals surface area contributed by atoms with E-state index in [2.05, 4.69) is 35.5 Å². The maximum Gasteiger partial charge on any atom is 0.387 e. The summed E-state index contributed by atoms with van der Waals surface area (Å²) in [5, 5.41) is 13.3. The highest BCUT2D eigenvalue weighted by Crippen LogP contribution is 2.22. The van der Waals surface area contributed by atoms with Gasteiger partial charge >= 0.3 is 6.61 Å². The molecule has 1 aromatic heterocycles. The largest absolute Gasteiger partial charge is 0.497 e. The quantitative estimate of drug-likeness (QED) is 0.221. The number of alkyl halides is 2. The summed E-state index contributed by atoms with van der Waals surface area (Å²) in [5.74, 6) is 2.54. The number of nitrogens with one attached hydrogen (secondary N) is 3. The van der Waals surface area contributed by atoms with Crippen molar-refractivity contribution in [1.82, 2.24) is 25.8 Å². The number of aliphatic imine (C=N–C) groups is 1. The molecule has 0 bridgehead atoms. The average Bonchev–Trinajstić information content (AvgIpc) is 3.24. The van der Waals surface area contributed by atoms with Gasteiger partial charge in [-0.3, -0.25) is 10.1 Å². The van der Waals surface area contributed by atoms with Gasteiger partial charge in [0.1, 0.15) is 17.3 Å². The van der Waals surface area contributed by atoms with Crippen LogP contribution in [0.25, 0.3) is 11.4 Å². The monoisotopic (exact) mass is 558 g/mol. The normalized spacial score (nSPS) is 11.1. The number of methoxy groups -OCH3 is 1. The van der Waals surface area contributed by atoms with Crippen LogP contribution in [0.3, 0.4) is 0 Å². The number of aryl methyl sites for hydroxylation is 1. The summed E-state index contributed by atoms with van der Waals surface area (Å²) in [6, 6.07) is 12.5. The first kappa shape index (κ1) is 25.3. The summed E-state index contributed by atoms with van der Waals surface area (Å²) < 4.78 is 35.0. The maximum absolute atomic E-state index is 12.6. The van der Waals surface area contributed by atoms with Crippen LogP contribution in [0.2, 0.25) is 0 Å². The number of ether oxygens (including phenoxy) is 2. The Balaban J connectivity index is 0.00000363. The molecule has 0 radical (unpaired) electrons. The summed E-state index contributed by atoms with van der Waals surface area (Å²) in [5.41, 5.74) is 2.40. The van der Waals surface area contributed by atoms with E-state index in [1.165, 1.54) is 6.07 Å². The molecule has 1 heterocycles. The van der Waals surface area contributed by atoms with Gasteiger partial charge in [-0.2, -0.15) is 13.9 Å². The van der Waals surface area contributed by atoms with Gasteiger partial charge in [0.15, 0.2) is 11.8 Å². The van der Waals surface area contributed by atoms with Crippen molar-refractivity contribution in [3.05, 3.63) is 59.4 Å². The van der Waals surface area contributed by atoms with Crippen molar-refractivity contribution in [2.45, 2.75) is 26.6 Å². The lowest BCUT2D eigenvalue weighted by Crippen LogP contribution is -2.36. The van der Waals surface area contributed by atoms with Gasteiger partial charge in [-0.05, 0) is 37.3 Å². The molecule has 172 valence electrons. The van der Waals surface area contributed by atoms with Crippen LogP contribution in [0.5, 0.6) is 11.5 Å². The van der Waals surface area contributed by atoms with Crippen LogP contribution in [0.4, 0.5) is 8.78 Å². The Morgan fingerprint density at radius 3 is 2.50 bits per heavy atom. The highest BCUT2D eigenvalue weighted by Gasteiger charge is 2.11. The number of aromatic nitrogens is 3. The molecule has 0 spiro atoms. The molecule has 0 saturated carbocycles. The average molecular weight is 558 g/mol. The molecule has 11 heteroatoms. The molecule has 3 aromatic rings. The van der Waals surface area contributed by atoms with E-state index >= 15 is 0 Å². The Morgan fingerprint density at radius 2 is 1.84 bits per heavy atom. The van der Waals surface area contributed by atoms with Crippen molar-refractivity contribution in [1.29, 1.82) is 0 Å². The van der Waals surface area contributed by atoms with Gasteiger partial charge in [0.2, 0.25) is 0 Å². The molecule has 0 amide bonds. The molecule has 8 nitrogen and oxygen atoms in total. The van der Waals surface area contributed by atoms with E-state index < -0.39 is 6.61 Å². The lowest BCUT2D eigenvalue weighted by molar-refractivity contribution is -0.0504. The van der Waals surface area contributed by atoms with Gasteiger partial charge in [0, 0.05) is 24.7 Å². The lowest BCUT2D eigenvalue weighted by atomic mass is 10.1. The molecule has 0 aliphatic rings. The van der Waals surface area contributed by atoms with Crippen LogP contribution in [0.1, 0.15) is 17.0 Å². The van der Waals surface area contributed by atoms with Crippen molar-refractivity contribution >= 4 is 29.9 Å². The number of halogens is 3. The molecule has 0 aliphatic carbocycles. The van der Waals surface area contributed by atoms with E-state index in [9.17, 15) is 8.78 Å². The molecule has 3 rings (SSSR count). The Hall–Kier alpha value is -2.96. The van der Waals surface area contributed by atoms with Crippen molar-refractivity contribution < 1.29 is 18.3 Å². The zero-order chi connectivity index (χ0) is 22.2. The van der Waals surface area contributed by atoms with Crippen LogP contribution in [0, 0.1) is 6.92 Å². The number of rotatable bonds is 8. The number of nitrogens with zero attached hydrogens (tertiary/aromatic N) is 3. The van der Waals surface area contributed by atoms with Gasteiger partial charge in [-0.15, -0.1) is 24.0 Å². The van der Waals surface area contributed by atoms with E-state index in [0.29, 0.717) is 29.7 Å². The van der Waals surface area contributed by atoms with Crippen molar-refractivity contribution in [3.8, 4) is 22.9 Å². The molecule has 0 unspecified atom stereocenters. The number of hydrogen-bond donors (Lipinski definition) is 3. The second-order valence-electron chi connectivity index (χ2n) is 6.60. The van der Waals surface area contributed by atoms with Gasteiger partial charge in [-0.25, -0.2) is 4.98 Å². The fraction of sp³-hybridized carbons (Fsp3) is 0.286. The van der Waals surface area contributed by atoms with Crippen LogP contribution in [0.15, 0.2) is 47.5 Å². The number of hydrogen-bond acceptors (Lipinski definition) is 5. The molecular formula is C21H25F2IN6O2. The topological polar surface area (TPSA) is 96.5 Å². The number of aromatic amines is 1. The fourth-order valence-corrected chi connectivity index (χ4v) is 2.87. The standard InChI is InChI=1S/C21H24F2N6O2.HI/c1-13-4-9-17(31-20(22)23)15(10-13)11-25-21(24-2)26-12-18-27-19(29-28-18)14-5-7-16(30-3)8-6-14;/h4-10,20H,11-12H2,1-3H3,(H2,24,25,26)(H,27,28,29);1H. The summed E-state index contributed by atoms with van der Waals surface area (Å²) in [6.45, 7) is -0.397. The van der Waals surface area contributed by atoms with E-state index in [0.717, 1.165) is 16.9 Å². The molecule has 0 saturated heterocycles. The molecular weight excluding hydrogens is 533 g/mol. The second kappa shape index (κ2) is 12.2. The molecule has 0 aliphatic heterocycles. The smallest absolute Gasteiger partial charge is 0.387 e. The lowest BCUT2D eigenvalue weighted by Gasteiger charge is -2.14. The molecule has 32 heavy (non-hydrogen) atoms. The van der Waals surface area contributed by atoms with Gasteiger partial charge < -0.3 is 20.1 Å². The Bertz CT molecular complexity index is 1030. The van der Waals surface area contributed by atoms with Crippen molar-refractivity contribution in [2.75, 3.05) is 14.2 Å². The number of H-pyrrole nitrogens is 1. The first-order valence-corrected chi connectivity index (χ1v) is 9.53. The minimum Gasteiger partial charge on any atom is -0.497 e. The zero-order valence-corrected chi connectivity index (χ0v) is 20.2. The van der Waals surface area contributed by atoms with Crippen molar-refractivity contribution in [2.24, 2.45) is 4.99 Å². The molecule has 0 fully saturated rings. The second-order valence-corrected chi connectivity index (χ2v) is 6.60. The highest BCUT2D eigenvalue weighted by molar-refractivity contribution is 14.0. The van der Waals surface area contributed by atoms with E-state index in [-0.39, 0.29) is 36.3 Å². The molecule has 3 N–H and O–H groups in total. The summed E-state index contributed by atoms with van der Waals surface area (Å²) >= 11 is 0. The number of benzene rings is 2. The highest BCUT2D eigenvalue weighted by atomic mass is 127. The summed E-state index contributed by atoms with van der Waals surface area (Å²) in [7, 11) is 3.23. The third-order valence-electron chi connectivity index (χ3n) is 4.41. The van der Waals surface area contributed by atoms with Gasteiger partial charge in [0.25, 0.3) is 0 Å². The van der Waals surface area contributed by atoms with Crippen LogP contribution in [-0.2, 0) is 13.1 Å². The third kappa shape index (κ3) is 7.04. The SMILES string of the molecule is CN=C(NCc1nc(-c2ccc(OC)cc2)n[nH]1)NCc1cc(C)ccc1OC(F)F.I. The zero-order valence-electron chi connectivity index (χ0n) is 17.9. The predicted molar refractivity (Wildman–Crippen MR) is 129 cm³/mol. The Labute approximate surface area is 201 Å². The van der Waals surface area contributed by atoms with Crippen LogP contribution >= 0.6 is 24.0 Å². The molecule has 2 aromatic carbocycles. The summed E-state index contributed by atoms with van der Waals surface area (Å²) in [6.07, 6.45) is 0. The summed E-state index contributed by atoms with van der Waals surface area (Å²) in [4.78, 5) is 8.61. The maximum atomic E-state index is 12.6. The van der Waals surface area contributed by atoms with Crippen LogP contribution < -0.4 is 20.1 Å². The van der Waals surface area contributed by atoms with E-state index in [1.54, 1.807) is 26.3 Å². The number of guanidine groups is 1. The first-order chi connectivity index (χ1) is 15.0. The minimum absolute atomic E-state index is 0. The van der Waals surface area contributed by atoms with Gasteiger partial charge in [-0.1, -0.05) is 17.7 Å². The van der Waals surface area contributed by atoms with E-state index in [4.69, 9.17) is 4.74 Å². The van der Waals surface area contributed by atoms with Crippen molar-refractivity contribution in [3.63, 3.8) is 0 Å². The predicted octanol–water partition coefficient (Wildman–Crippen LogP) is 3.87. The third-order valence-corrected chi connectivity index (χ3v) is 4.41. The first-order valence-electron chi connectivity index (χ1n) is 9.53. The fourth-order valence-electron chi connectivity index (χ4n) is 2.87. The van der Waals surface area contributed by atoms with E-state index in [1.807, 2.05) is 31.2 Å². The Kier molecular flexibility index (Phi) is 9.62.